The van der Waals surface area contributed by atoms with Gasteiger partial charge in [-0.1, -0.05) is 24.1 Å². The summed E-state index contributed by atoms with van der Waals surface area (Å²) >= 11 is 0. The van der Waals surface area contributed by atoms with E-state index in [0.29, 0.717) is 24.9 Å². The molecule has 0 atom stereocenters. The first-order chi connectivity index (χ1) is 12.6. The highest BCUT2D eigenvalue weighted by Gasteiger charge is 2.38. The molecule has 0 radical (unpaired) electrons. The Balaban J connectivity index is 1.48. The lowest BCUT2D eigenvalue weighted by atomic mass is 9.88. The van der Waals surface area contributed by atoms with Gasteiger partial charge in [0.15, 0.2) is 17.3 Å². The van der Waals surface area contributed by atoms with Crippen molar-refractivity contribution in [2.75, 3.05) is 13.2 Å². The van der Waals surface area contributed by atoms with Crippen molar-refractivity contribution in [1.82, 2.24) is 20.8 Å². The molecule has 8 heteroatoms. The largest absolute Gasteiger partial charge is 0.486 e. The number of aromatic nitrogens is 2. The minimum absolute atomic E-state index is 0.198. The SMILES string of the molecule is Cc1noc(CNC(=O)NC2(c3ccc4c(c3)OCCO4)CCCC2)n1. The summed E-state index contributed by atoms with van der Waals surface area (Å²) in [6.07, 6.45) is 3.91. The van der Waals surface area contributed by atoms with Crippen LogP contribution in [-0.4, -0.2) is 29.4 Å². The van der Waals surface area contributed by atoms with Crippen LogP contribution in [0, 0.1) is 6.92 Å². The molecule has 1 aliphatic carbocycles. The number of nitrogens with one attached hydrogen (secondary N) is 2. The molecule has 2 N–H and O–H groups in total. The molecular weight excluding hydrogens is 336 g/mol. The van der Waals surface area contributed by atoms with Crippen LogP contribution < -0.4 is 20.1 Å². The van der Waals surface area contributed by atoms with Crippen LogP contribution in [0.2, 0.25) is 0 Å². The summed E-state index contributed by atoms with van der Waals surface area (Å²) in [4.78, 5) is 16.6. The van der Waals surface area contributed by atoms with E-state index in [1.807, 2.05) is 18.2 Å². The molecular formula is C18H22N4O4. The van der Waals surface area contributed by atoms with Crippen molar-refractivity contribution in [3.8, 4) is 11.5 Å². The number of hydrogen-bond acceptors (Lipinski definition) is 6. The topological polar surface area (TPSA) is 98.5 Å². The summed E-state index contributed by atoms with van der Waals surface area (Å²) in [6, 6.07) is 5.67. The van der Waals surface area contributed by atoms with E-state index in [-0.39, 0.29) is 12.6 Å². The van der Waals surface area contributed by atoms with E-state index >= 15 is 0 Å². The molecule has 2 aliphatic rings. The van der Waals surface area contributed by atoms with E-state index in [0.717, 1.165) is 42.7 Å². The van der Waals surface area contributed by atoms with Gasteiger partial charge in [0, 0.05) is 0 Å². The second-order valence-corrected chi connectivity index (χ2v) is 6.69. The third-order valence-electron chi connectivity index (χ3n) is 4.87. The van der Waals surface area contributed by atoms with E-state index in [4.69, 9.17) is 14.0 Å². The Morgan fingerprint density at radius 3 is 2.69 bits per heavy atom. The fourth-order valence-corrected chi connectivity index (χ4v) is 3.63. The van der Waals surface area contributed by atoms with Gasteiger partial charge in [0.2, 0.25) is 5.89 Å². The molecule has 1 aromatic heterocycles. The maximum Gasteiger partial charge on any atom is 0.315 e. The molecule has 8 nitrogen and oxygen atoms in total. The van der Waals surface area contributed by atoms with E-state index in [1.165, 1.54) is 0 Å². The van der Waals surface area contributed by atoms with Crippen molar-refractivity contribution in [3.05, 3.63) is 35.5 Å². The van der Waals surface area contributed by atoms with Crippen LogP contribution in [0.3, 0.4) is 0 Å². The zero-order valence-electron chi connectivity index (χ0n) is 14.7. The first-order valence-corrected chi connectivity index (χ1v) is 8.90. The Hall–Kier alpha value is -2.77. The summed E-state index contributed by atoms with van der Waals surface area (Å²) in [7, 11) is 0. The molecule has 1 aromatic carbocycles. The van der Waals surface area contributed by atoms with Gasteiger partial charge in [-0.05, 0) is 37.5 Å². The maximum absolute atomic E-state index is 12.5. The Morgan fingerprint density at radius 1 is 1.19 bits per heavy atom. The highest BCUT2D eigenvalue weighted by molar-refractivity contribution is 5.75. The minimum atomic E-state index is -0.398. The van der Waals surface area contributed by atoms with Crippen molar-refractivity contribution in [3.63, 3.8) is 0 Å². The quantitative estimate of drug-likeness (QED) is 0.871. The van der Waals surface area contributed by atoms with Gasteiger partial charge >= 0.3 is 6.03 Å². The fourth-order valence-electron chi connectivity index (χ4n) is 3.63. The molecule has 138 valence electrons. The van der Waals surface area contributed by atoms with Gasteiger partial charge in [0.25, 0.3) is 0 Å². The van der Waals surface area contributed by atoms with Gasteiger partial charge in [-0.25, -0.2) is 4.79 Å². The van der Waals surface area contributed by atoms with Gasteiger partial charge in [-0.2, -0.15) is 4.98 Å². The molecule has 0 spiro atoms. The van der Waals surface area contributed by atoms with Crippen molar-refractivity contribution >= 4 is 6.03 Å². The van der Waals surface area contributed by atoms with Crippen molar-refractivity contribution in [1.29, 1.82) is 0 Å². The van der Waals surface area contributed by atoms with Crippen LogP contribution in [0.1, 0.15) is 43.0 Å². The lowest BCUT2D eigenvalue weighted by Crippen LogP contribution is -2.48. The highest BCUT2D eigenvalue weighted by Crippen LogP contribution is 2.42. The van der Waals surface area contributed by atoms with Gasteiger partial charge in [0.1, 0.15) is 13.2 Å². The van der Waals surface area contributed by atoms with Gasteiger partial charge in [-0.3, -0.25) is 0 Å². The number of ether oxygens (including phenoxy) is 2. The van der Waals surface area contributed by atoms with E-state index in [1.54, 1.807) is 6.92 Å². The number of hydrogen-bond donors (Lipinski definition) is 2. The molecule has 1 aliphatic heterocycles. The molecule has 0 bridgehead atoms. The number of fused-ring (bicyclic) bond motifs is 1. The number of carbonyl (C=O) groups is 1. The van der Waals surface area contributed by atoms with Crippen LogP contribution in [-0.2, 0) is 12.1 Å². The van der Waals surface area contributed by atoms with Crippen LogP contribution in [0.25, 0.3) is 0 Å². The minimum Gasteiger partial charge on any atom is -0.486 e. The average molecular weight is 358 g/mol. The summed E-state index contributed by atoms with van der Waals surface area (Å²) in [5, 5.41) is 9.67. The summed E-state index contributed by atoms with van der Waals surface area (Å²) < 4.78 is 16.3. The summed E-state index contributed by atoms with van der Waals surface area (Å²) in [6.45, 7) is 3.04. The van der Waals surface area contributed by atoms with Crippen LogP contribution in [0.15, 0.2) is 22.7 Å². The van der Waals surface area contributed by atoms with Gasteiger partial charge < -0.3 is 24.6 Å². The number of nitrogens with zero attached hydrogens (tertiary/aromatic N) is 2. The number of amides is 2. The monoisotopic (exact) mass is 358 g/mol. The zero-order valence-corrected chi connectivity index (χ0v) is 14.7. The second-order valence-electron chi connectivity index (χ2n) is 6.69. The first-order valence-electron chi connectivity index (χ1n) is 8.90. The molecule has 0 unspecified atom stereocenters. The molecule has 2 amide bonds. The summed E-state index contributed by atoms with van der Waals surface area (Å²) in [5.41, 5.74) is 0.646. The average Bonchev–Trinajstić information content (AvgIpc) is 3.29. The van der Waals surface area contributed by atoms with Crippen molar-refractivity contribution in [2.45, 2.75) is 44.7 Å². The van der Waals surface area contributed by atoms with Crippen molar-refractivity contribution in [2.24, 2.45) is 0 Å². The molecule has 1 fully saturated rings. The Morgan fingerprint density at radius 2 is 1.96 bits per heavy atom. The third kappa shape index (κ3) is 3.31. The number of carbonyl (C=O) groups excluding carboxylic acids is 1. The van der Waals surface area contributed by atoms with Crippen molar-refractivity contribution < 1.29 is 18.8 Å². The lowest BCUT2D eigenvalue weighted by molar-refractivity contribution is 0.170. The van der Waals surface area contributed by atoms with Crippen LogP contribution >= 0.6 is 0 Å². The third-order valence-corrected chi connectivity index (χ3v) is 4.87. The first kappa shape index (κ1) is 16.7. The number of benzene rings is 1. The zero-order chi connectivity index (χ0) is 18.0. The molecule has 4 rings (SSSR count). The van der Waals surface area contributed by atoms with E-state index in [2.05, 4.69) is 20.8 Å². The highest BCUT2D eigenvalue weighted by atomic mass is 16.6. The number of aryl methyl sites for hydroxylation is 1. The molecule has 2 heterocycles. The van der Waals surface area contributed by atoms with E-state index in [9.17, 15) is 4.79 Å². The predicted octanol–water partition coefficient (Wildman–Crippen LogP) is 2.42. The standard InChI is InChI=1S/C18H22N4O4/c1-12-20-16(26-22-12)11-19-17(23)21-18(6-2-3-7-18)13-4-5-14-15(10-13)25-9-8-24-14/h4-5,10H,2-3,6-9,11H2,1H3,(H2,19,21,23). The normalized spacial score (nSPS) is 17.7. The van der Waals surface area contributed by atoms with Gasteiger partial charge in [0.05, 0.1) is 12.1 Å². The Kier molecular flexibility index (Phi) is 4.40. The second kappa shape index (κ2) is 6.86. The number of urea groups is 1. The van der Waals surface area contributed by atoms with E-state index < -0.39 is 5.54 Å². The lowest BCUT2D eigenvalue weighted by Gasteiger charge is -2.32. The molecule has 1 saturated carbocycles. The maximum atomic E-state index is 12.5. The molecule has 2 aromatic rings. The molecule has 0 saturated heterocycles. The molecule has 26 heavy (non-hydrogen) atoms. The van der Waals surface area contributed by atoms with Crippen LogP contribution in [0.4, 0.5) is 4.79 Å². The summed E-state index contributed by atoms with van der Waals surface area (Å²) in [5.74, 6) is 2.43. The predicted molar refractivity (Wildman–Crippen MR) is 92.0 cm³/mol. The fraction of sp³-hybridized carbons (Fsp3) is 0.500. The smallest absolute Gasteiger partial charge is 0.315 e. The Bertz CT molecular complexity index is 798. The van der Waals surface area contributed by atoms with Crippen LogP contribution in [0.5, 0.6) is 11.5 Å². The Labute approximate surface area is 151 Å². The van der Waals surface area contributed by atoms with Gasteiger partial charge in [-0.15, -0.1) is 0 Å². The number of rotatable bonds is 4.